The number of nitrogens with zero attached hydrogens (tertiary/aromatic N) is 2. The van der Waals surface area contributed by atoms with E-state index in [0.29, 0.717) is 18.9 Å². The first-order valence-corrected chi connectivity index (χ1v) is 10.3. The summed E-state index contributed by atoms with van der Waals surface area (Å²) in [6.45, 7) is 0.579. The van der Waals surface area contributed by atoms with Gasteiger partial charge in [0.05, 0.1) is 11.6 Å². The standard InChI is InChI=1S/C23H22F2N2O3/c24-16-6-7-17(18(25)14-16)21(28)26-12-10-23(11-13-26)22(29)27-19(8-9-20(27)30-23)15-4-2-1-3-5-15/h1-7,14,19-20H,8-13H2. The van der Waals surface area contributed by atoms with Gasteiger partial charge in [0, 0.05) is 32.0 Å². The summed E-state index contributed by atoms with van der Waals surface area (Å²) in [7, 11) is 0. The summed E-state index contributed by atoms with van der Waals surface area (Å²) in [6.07, 6.45) is 2.16. The third-order valence-corrected chi connectivity index (χ3v) is 6.52. The highest BCUT2D eigenvalue weighted by Gasteiger charge is 2.58. The predicted molar refractivity (Wildman–Crippen MR) is 104 cm³/mol. The van der Waals surface area contributed by atoms with Crippen LogP contribution in [0.15, 0.2) is 48.5 Å². The van der Waals surface area contributed by atoms with Crippen LogP contribution in [0.5, 0.6) is 0 Å². The number of halogens is 2. The van der Waals surface area contributed by atoms with Crippen LogP contribution in [-0.2, 0) is 9.53 Å². The highest BCUT2D eigenvalue weighted by Crippen LogP contribution is 2.47. The lowest BCUT2D eigenvalue weighted by atomic mass is 9.89. The number of carbonyl (C=O) groups excluding carboxylic acids is 2. The second-order valence-electron chi connectivity index (χ2n) is 8.20. The summed E-state index contributed by atoms with van der Waals surface area (Å²) in [5.41, 5.74) is 0.0279. The lowest BCUT2D eigenvalue weighted by Crippen LogP contribution is -2.51. The monoisotopic (exact) mass is 412 g/mol. The molecule has 3 aliphatic heterocycles. The summed E-state index contributed by atoms with van der Waals surface area (Å²) >= 11 is 0. The molecule has 3 saturated heterocycles. The van der Waals surface area contributed by atoms with Crippen LogP contribution in [0.3, 0.4) is 0 Å². The van der Waals surface area contributed by atoms with Crippen molar-refractivity contribution in [2.24, 2.45) is 0 Å². The second-order valence-corrected chi connectivity index (χ2v) is 8.20. The van der Waals surface area contributed by atoms with Gasteiger partial charge in [0.1, 0.15) is 17.9 Å². The lowest BCUT2D eigenvalue weighted by Gasteiger charge is -2.37. The summed E-state index contributed by atoms with van der Waals surface area (Å²) in [6, 6.07) is 12.9. The average molecular weight is 412 g/mol. The Morgan fingerprint density at radius 3 is 2.47 bits per heavy atom. The highest BCUT2D eigenvalue weighted by molar-refractivity contribution is 5.95. The molecule has 156 valence electrons. The van der Waals surface area contributed by atoms with Gasteiger partial charge in [-0.3, -0.25) is 9.59 Å². The molecular weight excluding hydrogens is 390 g/mol. The molecule has 3 heterocycles. The lowest BCUT2D eigenvalue weighted by molar-refractivity contribution is -0.142. The second kappa shape index (κ2) is 7.16. The summed E-state index contributed by atoms with van der Waals surface area (Å²) in [5.74, 6) is -2.10. The van der Waals surface area contributed by atoms with Gasteiger partial charge < -0.3 is 14.5 Å². The number of piperidine rings is 1. The molecule has 0 bridgehead atoms. The largest absolute Gasteiger partial charge is 0.342 e. The number of benzene rings is 2. The number of hydrogen-bond acceptors (Lipinski definition) is 3. The third kappa shape index (κ3) is 2.99. The van der Waals surface area contributed by atoms with E-state index in [1.165, 1.54) is 4.90 Å². The molecule has 2 aromatic carbocycles. The zero-order valence-electron chi connectivity index (χ0n) is 16.4. The number of rotatable bonds is 2. The normalized spacial score (nSPS) is 25.1. The minimum atomic E-state index is -0.920. The molecule has 0 N–H and O–H groups in total. The van der Waals surface area contributed by atoms with E-state index in [4.69, 9.17) is 4.74 Å². The van der Waals surface area contributed by atoms with E-state index in [9.17, 15) is 18.4 Å². The Labute approximate surface area is 173 Å². The Hall–Kier alpha value is -2.80. The van der Waals surface area contributed by atoms with Crippen LogP contribution in [0.25, 0.3) is 0 Å². The number of amides is 2. The van der Waals surface area contributed by atoms with Gasteiger partial charge in [-0.1, -0.05) is 30.3 Å². The van der Waals surface area contributed by atoms with Crippen LogP contribution >= 0.6 is 0 Å². The van der Waals surface area contributed by atoms with E-state index in [1.807, 2.05) is 35.2 Å². The molecule has 5 nitrogen and oxygen atoms in total. The van der Waals surface area contributed by atoms with Gasteiger partial charge in [-0.05, 0) is 30.5 Å². The number of fused-ring (bicyclic) bond motifs is 1. The van der Waals surface area contributed by atoms with Crippen LogP contribution in [0.2, 0.25) is 0 Å². The Kier molecular flexibility index (Phi) is 4.58. The van der Waals surface area contributed by atoms with Gasteiger partial charge in [0.25, 0.3) is 11.8 Å². The first-order valence-electron chi connectivity index (χ1n) is 10.3. The first kappa shape index (κ1) is 19.2. The zero-order chi connectivity index (χ0) is 20.9. The SMILES string of the molecule is O=C(c1ccc(F)cc1F)N1CCC2(CC1)OC1CCC(c3ccccc3)N1C2=O. The maximum absolute atomic E-state index is 14.0. The van der Waals surface area contributed by atoms with Crippen molar-refractivity contribution in [3.8, 4) is 0 Å². The van der Waals surface area contributed by atoms with Crippen LogP contribution in [0.4, 0.5) is 8.78 Å². The van der Waals surface area contributed by atoms with E-state index >= 15 is 0 Å². The minimum Gasteiger partial charge on any atom is -0.342 e. The molecule has 2 unspecified atom stereocenters. The molecule has 2 atom stereocenters. The van der Waals surface area contributed by atoms with Crippen LogP contribution in [0.1, 0.15) is 47.6 Å². The van der Waals surface area contributed by atoms with Crippen molar-refractivity contribution in [1.82, 2.24) is 9.80 Å². The highest BCUT2D eigenvalue weighted by atomic mass is 19.1. The third-order valence-electron chi connectivity index (χ3n) is 6.52. The molecule has 0 radical (unpaired) electrons. The molecular formula is C23H22F2N2O3. The molecule has 0 saturated carbocycles. The quantitative estimate of drug-likeness (QED) is 0.757. The predicted octanol–water partition coefficient (Wildman–Crippen LogP) is 3.66. The molecule has 0 aromatic heterocycles. The average Bonchev–Trinajstić information content (AvgIpc) is 3.27. The van der Waals surface area contributed by atoms with Crippen LogP contribution in [0, 0.1) is 11.6 Å². The Bertz CT molecular complexity index is 989. The van der Waals surface area contributed by atoms with Crippen molar-refractivity contribution in [1.29, 1.82) is 0 Å². The number of likely N-dealkylation sites (tertiary alicyclic amines) is 1. The van der Waals surface area contributed by atoms with E-state index in [2.05, 4.69) is 0 Å². The topological polar surface area (TPSA) is 49.9 Å². The van der Waals surface area contributed by atoms with Crippen molar-refractivity contribution in [2.75, 3.05) is 13.1 Å². The van der Waals surface area contributed by atoms with Crippen molar-refractivity contribution in [2.45, 2.75) is 43.6 Å². The van der Waals surface area contributed by atoms with Crippen molar-refractivity contribution < 1.29 is 23.1 Å². The zero-order valence-corrected chi connectivity index (χ0v) is 16.4. The Morgan fingerprint density at radius 1 is 1.03 bits per heavy atom. The molecule has 2 amide bonds. The molecule has 7 heteroatoms. The van der Waals surface area contributed by atoms with Crippen molar-refractivity contribution in [3.63, 3.8) is 0 Å². The number of ether oxygens (including phenoxy) is 1. The maximum atomic E-state index is 14.0. The van der Waals surface area contributed by atoms with E-state index < -0.39 is 23.1 Å². The van der Waals surface area contributed by atoms with Gasteiger partial charge in [-0.2, -0.15) is 0 Å². The molecule has 3 aliphatic rings. The Morgan fingerprint density at radius 2 is 1.77 bits per heavy atom. The van der Waals surface area contributed by atoms with E-state index in [1.54, 1.807) is 0 Å². The van der Waals surface area contributed by atoms with E-state index in [-0.39, 0.29) is 36.8 Å². The van der Waals surface area contributed by atoms with Gasteiger partial charge in [-0.15, -0.1) is 0 Å². The maximum Gasteiger partial charge on any atom is 0.257 e. The van der Waals surface area contributed by atoms with Crippen molar-refractivity contribution >= 4 is 11.8 Å². The fourth-order valence-electron chi connectivity index (χ4n) is 4.95. The molecule has 2 aromatic rings. The minimum absolute atomic E-state index is 0.0102. The molecule has 5 rings (SSSR count). The van der Waals surface area contributed by atoms with Gasteiger partial charge in [0.15, 0.2) is 5.60 Å². The van der Waals surface area contributed by atoms with Crippen LogP contribution < -0.4 is 0 Å². The summed E-state index contributed by atoms with van der Waals surface area (Å²) in [4.78, 5) is 29.4. The molecule has 30 heavy (non-hydrogen) atoms. The Balaban J connectivity index is 1.30. The molecule has 3 fully saturated rings. The smallest absolute Gasteiger partial charge is 0.257 e. The fourth-order valence-corrected chi connectivity index (χ4v) is 4.95. The number of carbonyl (C=O) groups is 2. The summed E-state index contributed by atoms with van der Waals surface area (Å²) in [5, 5.41) is 0. The van der Waals surface area contributed by atoms with Gasteiger partial charge >= 0.3 is 0 Å². The van der Waals surface area contributed by atoms with Gasteiger partial charge in [-0.25, -0.2) is 8.78 Å². The first-order chi connectivity index (χ1) is 14.5. The van der Waals surface area contributed by atoms with E-state index in [0.717, 1.165) is 30.5 Å². The van der Waals surface area contributed by atoms with Gasteiger partial charge in [0.2, 0.25) is 0 Å². The van der Waals surface area contributed by atoms with Crippen molar-refractivity contribution in [3.05, 3.63) is 71.3 Å². The molecule has 1 spiro atoms. The number of hydrogen-bond donors (Lipinski definition) is 0. The van der Waals surface area contributed by atoms with Crippen LogP contribution in [-0.4, -0.2) is 46.5 Å². The summed E-state index contributed by atoms with van der Waals surface area (Å²) < 4.78 is 33.4. The molecule has 0 aliphatic carbocycles. The fraction of sp³-hybridized carbons (Fsp3) is 0.391.